The summed E-state index contributed by atoms with van der Waals surface area (Å²) in [5.74, 6) is -0.483. The number of rotatable bonds is 4. The lowest BCUT2D eigenvalue weighted by molar-refractivity contribution is -0.137. The number of halogens is 3. The summed E-state index contributed by atoms with van der Waals surface area (Å²) in [7, 11) is 0. The van der Waals surface area contributed by atoms with Gasteiger partial charge in [-0.15, -0.1) is 0 Å². The van der Waals surface area contributed by atoms with Crippen LogP contribution < -0.4 is 5.32 Å². The monoisotopic (exact) mass is 261 g/mol. The molecule has 0 atom stereocenters. The molecular formula is C12H14F3NO2. The predicted octanol–water partition coefficient (Wildman–Crippen LogP) is 3.07. The Bertz CT molecular complexity index is 416. The van der Waals surface area contributed by atoms with Gasteiger partial charge in [-0.25, -0.2) is 0 Å². The van der Waals surface area contributed by atoms with Crippen LogP contribution in [0.5, 0.6) is 0 Å². The van der Waals surface area contributed by atoms with Gasteiger partial charge in [0.05, 0.1) is 11.7 Å². The Morgan fingerprint density at radius 1 is 1.39 bits per heavy atom. The second-order valence-corrected chi connectivity index (χ2v) is 3.99. The highest BCUT2D eigenvalue weighted by Gasteiger charge is 2.30. The van der Waals surface area contributed by atoms with Gasteiger partial charge in [0.2, 0.25) is 5.91 Å². The highest BCUT2D eigenvalue weighted by molar-refractivity contribution is 5.91. The van der Waals surface area contributed by atoms with E-state index in [1.807, 2.05) is 0 Å². The minimum absolute atomic E-state index is 0.0992. The van der Waals surface area contributed by atoms with Crippen LogP contribution >= 0.6 is 0 Å². The normalized spacial score (nSPS) is 11.7. The number of benzene rings is 1. The Labute approximate surface area is 103 Å². The summed E-state index contributed by atoms with van der Waals surface area (Å²) >= 11 is 0. The van der Waals surface area contributed by atoms with E-state index in [1.165, 1.54) is 12.1 Å². The van der Waals surface area contributed by atoms with Gasteiger partial charge in [0, 0.05) is 5.69 Å². The van der Waals surface area contributed by atoms with Gasteiger partial charge >= 0.3 is 6.18 Å². The van der Waals surface area contributed by atoms with Crippen LogP contribution in [0, 0.1) is 0 Å². The topological polar surface area (TPSA) is 38.3 Å². The summed E-state index contributed by atoms with van der Waals surface area (Å²) in [6.45, 7) is 3.34. The van der Waals surface area contributed by atoms with Gasteiger partial charge in [0.15, 0.2) is 0 Å². The molecule has 1 rings (SSSR count). The van der Waals surface area contributed by atoms with Gasteiger partial charge in [-0.05, 0) is 32.0 Å². The lowest BCUT2D eigenvalue weighted by Gasteiger charge is -2.11. The second-order valence-electron chi connectivity index (χ2n) is 3.99. The quantitative estimate of drug-likeness (QED) is 0.904. The number of nitrogens with one attached hydrogen (secondary N) is 1. The van der Waals surface area contributed by atoms with Gasteiger partial charge in [0.25, 0.3) is 0 Å². The van der Waals surface area contributed by atoms with Crippen LogP contribution in [0.1, 0.15) is 19.4 Å². The molecular weight excluding hydrogens is 247 g/mol. The Morgan fingerprint density at radius 3 is 2.61 bits per heavy atom. The zero-order valence-electron chi connectivity index (χ0n) is 10.0. The number of hydrogen-bond acceptors (Lipinski definition) is 2. The van der Waals surface area contributed by atoms with Crippen molar-refractivity contribution < 1.29 is 22.7 Å². The summed E-state index contributed by atoms with van der Waals surface area (Å²) in [4.78, 5) is 11.4. The Balaban J connectivity index is 2.65. The maximum absolute atomic E-state index is 12.4. The van der Waals surface area contributed by atoms with Crippen molar-refractivity contribution in [2.24, 2.45) is 0 Å². The molecule has 1 amide bonds. The summed E-state index contributed by atoms with van der Waals surface area (Å²) in [5, 5.41) is 2.35. The number of alkyl halides is 3. The molecule has 1 aromatic carbocycles. The molecule has 0 unspecified atom stereocenters. The van der Waals surface area contributed by atoms with Gasteiger partial charge in [-0.1, -0.05) is 6.07 Å². The van der Waals surface area contributed by atoms with E-state index in [9.17, 15) is 18.0 Å². The van der Waals surface area contributed by atoms with Crippen molar-refractivity contribution in [3.05, 3.63) is 29.8 Å². The largest absolute Gasteiger partial charge is 0.416 e. The molecule has 1 aromatic rings. The van der Waals surface area contributed by atoms with Crippen molar-refractivity contribution in [1.29, 1.82) is 0 Å². The SMILES string of the molecule is CC(C)OCC(=O)Nc1cccc(C(F)(F)F)c1. The maximum atomic E-state index is 12.4. The van der Waals surface area contributed by atoms with Crippen molar-refractivity contribution in [2.45, 2.75) is 26.1 Å². The Morgan fingerprint density at radius 2 is 2.06 bits per heavy atom. The van der Waals surface area contributed by atoms with E-state index in [1.54, 1.807) is 13.8 Å². The number of amides is 1. The molecule has 0 aromatic heterocycles. The minimum Gasteiger partial charge on any atom is -0.369 e. The first-order valence-electron chi connectivity index (χ1n) is 5.38. The van der Waals surface area contributed by atoms with Crippen LogP contribution in [0.3, 0.4) is 0 Å². The third-order valence-corrected chi connectivity index (χ3v) is 2.02. The zero-order chi connectivity index (χ0) is 13.8. The minimum atomic E-state index is -4.42. The molecule has 6 heteroatoms. The summed E-state index contributed by atoms with van der Waals surface area (Å²) in [6, 6.07) is 4.46. The molecule has 0 aliphatic carbocycles. The molecule has 0 radical (unpaired) electrons. The lowest BCUT2D eigenvalue weighted by Crippen LogP contribution is -2.20. The molecule has 0 saturated heterocycles. The summed E-state index contributed by atoms with van der Waals surface area (Å²) in [6.07, 6.45) is -4.54. The standard InChI is InChI=1S/C12H14F3NO2/c1-8(2)18-7-11(17)16-10-5-3-4-9(6-10)12(13,14)15/h3-6,8H,7H2,1-2H3,(H,16,17). The van der Waals surface area contributed by atoms with Crippen LogP contribution in [-0.2, 0) is 15.7 Å². The number of carbonyl (C=O) groups is 1. The predicted molar refractivity (Wildman–Crippen MR) is 61.2 cm³/mol. The van der Waals surface area contributed by atoms with Crippen molar-refractivity contribution in [2.75, 3.05) is 11.9 Å². The van der Waals surface area contributed by atoms with Crippen LogP contribution in [-0.4, -0.2) is 18.6 Å². The smallest absolute Gasteiger partial charge is 0.369 e. The first kappa shape index (κ1) is 14.5. The number of hydrogen-bond donors (Lipinski definition) is 1. The fraction of sp³-hybridized carbons (Fsp3) is 0.417. The third-order valence-electron chi connectivity index (χ3n) is 2.02. The highest BCUT2D eigenvalue weighted by atomic mass is 19.4. The van der Waals surface area contributed by atoms with Gasteiger partial charge in [0.1, 0.15) is 6.61 Å². The van der Waals surface area contributed by atoms with Gasteiger partial charge in [-0.3, -0.25) is 4.79 Å². The Kier molecular flexibility index (Phi) is 4.72. The lowest BCUT2D eigenvalue weighted by atomic mass is 10.2. The second kappa shape index (κ2) is 5.86. The van der Waals surface area contributed by atoms with E-state index in [2.05, 4.69) is 5.32 Å². The molecule has 0 saturated carbocycles. The maximum Gasteiger partial charge on any atom is 0.416 e. The third kappa shape index (κ3) is 4.75. The first-order chi connectivity index (χ1) is 8.29. The van der Waals surface area contributed by atoms with Crippen molar-refractivity contribution in [1.82, 2.24) is 0 Å². The van der Waals surface area contributed by atoms with Gasteiger partial charge < -0.3 is 10.1 Å². The van der Waals surface area contributed by atoms with E-state index in [-0.39, 0.29) is 18.4 Å². The molecule has 3 nitrogen and oxygen atoms in total. The van der Waals surface area contributed by atoms with Crippen LogP contribution in [0.15, 0.2) is 24.3 Å². The Hall–Kier alpha value is -1.56. The van der Waals surface area contributed by atoms with Crippen LogP contribution in [0.4, 0.5) is 18.9 Å². The van der Waals surface area contributed by atoms with Crippen LogP contribution in [0.2, 0.25) is 0 Å². The molecule has 1 N–H and O–H groups in total. The average molecular weight is 261 g/mol. The number of ether oxygens (including phenoxy) is 1. The van der Waals surface area contributed by atoms with Crippen molar-refractivity contribution in [3.63, 3.8) is 0 Å². The molecule has 18 heavy (non-hydrogen) atoms. The zero-order valence-corrected chi connectivity index (χ0v) is 10.0. The van der Waals surface area contributed by atoms with E-state index < -0.39 is 17.6 Å². The molecule has 100 valence electrons. The fourth-order valence-electron chi connectivity index (χ4n) is 1.21. The van der Waals surface area contributed by atoms with Gasteiger partial charge in [-0.2, -0.15) is 13.2 Å². The highest BCUT2D eigenvalue weighted by Crippen LogP contribution is 2.30. The number of anilines is 1. The van der Waals surface area contributed by atoms with Crippen molar-refractivity contribution in [3.8, 4) is 0 Å². The average Bonchev–Trinajstić information content (AvgIpc) is 2.25. The molecule has 0 bridgehead atoms. The van der Waals surface area contributed by atoms with Crippen molar-refractivity contribution >= 4 is 11.6 Å². The van der Waals surface area contributed by atoms with E-state index in [4.69, 9.17) is 4.74 Å². The van der Waals surface area contributed by atoms with Crippen LogP contribution in [0.25, 0.3) is 0 Å². The summed E-state index contributed by atoms with van der Waals surface area (Å²) < 4.78 is 42.3. The molecule has 0 spiro atoms. The molecule has 0 aliphatic rings. The molecule has 0 aliphatic heterocycles. The first-order valence-corrected chi connectivity index (χ1v) is 5.38. The number of carbonyl (C=O) groups excluding carboxylic acids is 1. The van der Waals surface area contributed by atoms with E-state index >= 15 is 0 Å². The molecule has 0 fully saturated rings. The van der Waals surface area contributed by atoms with E-state index in [0.717, 1.165) is 12.1 Å². The molecule has 0 heterocycles. The fourth-order valence-corrected chi connectivity index (χ4v) is 1.21. The van der Waals surface area contributed by atoms with E-state index in [0.29, 0.717) is 0 Å². The summed E-state index contributed by atoms with van der Waals surface area (Å²) in [5.41, 5.74) is -0.702.